The normalized spacial score (nSPS) is 11.3. The van der Waals surface area contributed by atoms with E-state index in [1.165, 1.54) is 24.3 Å². The molecule has 2 aromatic rings. The van der Waals surface area contributed by atoms with Crippen molar-refractivity contribution in [2.24, 2.45) is 0 Å². The second-order valence-electron chi connectivity index (χ2n) is 5.19. The van der Waals surface area contributed by atoms with E-state index in [0.717, 1.165) is 12.1 Å². The fraction of sp³-hybridized carbons (Fsp3) is 0.143. The Morgan fingerprint density at radius 3 is 1.92 bits per heavy atom. The van der Waals surface area contributed by atoms with Crippen LogP contribution in [0.5, 0.6) is 0 Å². The molecule has 8 nitrogen and oxygen atoms in total. The summed E-state index contributed by atoms with van der Waals surface area (Å²) in [6.07, 6.45) is 0.304. The van der Waals surface area contributed by atoms with E-state index >= 15 is 0 Å². The van der Waals surface area contributed by atoms with E-state index in [1.54, 1.807) is 0 Å². The molecule has 0 aliphatic carbocycles. The molecule has 0 spiro atoms. The van der Waals surface area contributed by atoms with Crippen LogP contribution in [0.25, 0.3) is 0 Å². The summed E-state index contributed by atoms with van der Waals surface area (Å²) < 4.78 is 67.2. The molecule has 4 N–H and O–H groups in total. The van der Waals surface area contributed by atoms with Crippen molar-refractivity contribution in [3.05, 3.63) is 47.5 Å². The minimum atomic E-state index is -4.70. The predicted octanol–water partition coefficient (Wildman–Crippen LogP) is -5.55. The summed E-state index contributed by atoms with van der Waals surface area (Å²) in [5.41, 5.74) is 12.0. The van der Waals surface area contributed by atoms with Gasteiger partial charge in [-0.05, 0) is 54.3 Å². The Hall–Kier alpha value is -0.140. The van der Waals surface area contributed by atoms with Gasteiger partial charge >= 0.3 is 59.1 Å². The van der Waals surface area contributed by atoms with E-state index in [-0.39, 0.29) is 88.9 Å². The van der Waals surface area contributed by atoms with Crippen LogP contribution in [-0.2, 0) is 33.1 Å². The SMILES string of the molecule is Nc1cc(CCc2ccc(N)cc2S(=O)(=O)[O-])cc(S(=O)(=O)[O-])c1.[Na+].[Na+]. The van der Waals surface area contributed by atoms with Gasteiger partial charge in [0.1, 0.15) is 20.2 Å². The first-order chi connectivity index (χ1) is 11.0. The summed E-state index contributed by atoms with van der Waals surface area (Å²) in [5.74, 6) is 0. The van der Waals surface area contributed by atoms with Crippen LogP contribution in [-0.4, -0.2) is 25.9 Å². The van der Waals surface area contributed by atoms with Crippen molar-refractivity contribution in [1.29, 1.82) is 0 Å². The van der Waals surface area contributed by atoms with Crippen LogP contribution in [0.1, 0.15) is 11.1 Å². The smallest absolute Gasteiger partial charge is 0.744 e. The van der Waals surface area contributed by atoms with Crippen molar-refractivity contribution in [3.8, 4) is 0 Å². The molecule has 0 bridgehead atoms. The van der Waals surface area contributed by atoms with Gasteiger partial charge in [0.25, 0.3) is 0 Å². The molecule has 2 aromatic carbocycles. The van der Waals surface area contributed by atoms with E-state index in [4.69, 9.17) is 11.5 Å². The van der Waals surface area contributed by atoms with Gasteiger partial charge in [-0.25, -0.2) is 16.8 Å². The third-order valence-electron chi connectivity index (χ3n) is 3.32. The molecule has 0 aliphatic heterocycles. The Kier molecular flexibility index (Phi) is 9.82. The van der Waals surface area contributed by atoms with E-state index in [0.29, 0.717) is 5.56 Å². The van der Waals surface area contributed by atoms with E-state index < -0.39 is 30.0 Å². The molecule has 0 aromatic heterocycles. The fourth-order valence-corrected chi connectivity index (χ4v) is 3.61. The van der Waals surface area contributed by atoms with Gasteiger partial charge in [0, 0.05) is 11.4 Å². The summed E-state index contributed by atoms with van der Waals surface area (Å²) >= 11 is 0. The fourth-order valence-electron chi connectivity index (χ4n) is 2.26. The van der Waals surface area contributed by atoms with Gasteiger partial charge in [0.05, 0.1) is 9.79 Å². The molecular weight excluding hydrogens is 402 g/mol. The summed E-state index contributed by atoms with van der Waals surface area (Å²) in [6, 6.07) is 7.63. The minimum Gasteiger partial charge on any atom is -0.744 e. The van der Waals surface area contributed by atoms with Gasteiger partial charge in [-0.1, -0.05) is 6.07 Å². The molecule has 2 rings (SSSR count). The number of nitrogens with two attached hydrogens (primary N) is 2. The second kappa shape index (κ2) is 9.87. The largest absolute Gasteiger partial charge is 1.00 e. The topological polar surface area (TPSA) is 166 Å². The van der Waals surface area contributed by atoms with Crippen LogP contribution in [0.3, 0.4) is 0 Å². The molecule has 0 amide bonds. The van der Waals surface area contributed by atoms with Crippen molar-refractivity contribution in [2.75, 3.05) is 11.5 Å². The number of rotatable bonds is 5. The Morgan fingerprint density at radius 2 is 1.38 bits per heavy atom. The third kappa shape index (κ3) is 7.12. The minimum absolute atomic E-state index is 0. The maximum atomic E-state index is 11.3. The van der Waals surface area contributed by atoms with Gasteiger partial charge < -0.3 is 20.6 Å². The van der Waals surface area contributed by atoms with Gasteiger partial charge in [-0.15, -0.1) is 0 Å². The third-order valence-corrected chi connectivity index (χ3v) is 5.05. The first-order valence-electron chi connectivity index (χ1n) is 6.66. The summed E-state index contributed by atoms with van der Waals surface area (Å²) in [4.78, 5) is -0.894. The first-order valence-corrected chi connectivity index (χ1v) is 9.48. The Balaban J connectivity index is 0.00000312. The maximum Gasteiger partial charge on any atom is 1.00 e. The van der Waals surface area contributed by atoms with Crippen LogP contribution in [0.4, 0.5) is 11.4 Å². The summed E-state index contributed by atoms with van der Waals surface area (Å²) in [6.45, 7) is 0. The second-order valence-corrected chi connectivity index (χ2v) is 7.91. The number of hydrogen-bond donors (Lipinski definition) is 2. The van der Waals surface area contributed by atoms with Gasteiger partial charge in [0.15, 0.2) is 0 Å². The molecule has 0 aliphatic rings. The predicted molar refractivity (Wildman–Crippen MR) is 85.0 cm³/mol. The monoisotopic (exact) mass is 416 g/mol. The van der Waals surface area contributed by atoms with Crippen molar-refractivity contribution in [3.63, 3.8) is 0 Å². The number of aryl methyl sites for hydroxylation is 2. The van der Waals surface area contributed by atoms with Crippen LogP contribution >= 0.6 is 0 Å². The molecule has 0 atom stereocenters. The van der Waals surface area contributed by atoms with Crippen molar-refractivity contribution < 1.29 is 85.1 Å². The van der Waals surface area contributed by atoms with Crippen molar-refractivity contribution in [1.82, 2.24) is 0 Å². The van der Waals surface area contributed by atoms with E-state index in [9.17, 15) is 25.9 Å². The Bertz CT molecular complexity index is 994. The van der Waals surface area contributed by atoms with Crippen molar-refractivity contribution >= 4 is 31.6 Å². The molecular formula is C14H14N2Na2O6S2. The molecule has 0 saturated heterocycles. The van der Waals surface area contributed by atoms with Crippen LogP contribution in [0.15, 0.2) is 46.2 Å². The molecule has 26 heavy (non-hydrogen) atoms. The zero-order chi connectivity index (χ0) is 18.1. The average Bonchev–Trinajstić information content (AvgIpc) is 2.43. The van der Waals surface area contributed by atoms with Gasteiger partial charge in [0.2, 0.25) is 0 Å². The van der Waals surface area contributed by atoms with E-state index in [2.05, 4.69) is 0 Å². The Labute approximate surface area is 196 Å². The zero-order valence-electron chi connectivity index (χ0n) is 14.3. The summed E-state index contributed by atoms with van der Waals surface area (Å²) in [5, 5.41) is 0. The van der Waals surface area contributed by atoms with Gasteiger partial charge in [-0.2, -0.15) is 0 Å². The number of hydrogen-bond acceptors (Lipinski definition) is 8. The number of anilines is 2. The number of benzene rings is 2. The molecule has 0 radical (unpaired) electrons. The molecule has 130 valence electrons. The molecule has 0 saturated carbocycles. The van der Waals surface area contributed by atoms with E-state index in [1.807, 2.05) is 0 Å². The zero-order valence-corrected chi connectivity index (χ0v) is 19.9. The maximum absolute atomic E-state index is 11.3. The van der Waals surface area contributed by atoms with Crippen LogP contribution in [0.2, 0.25) is 0 Å². The quantitative estimate of drug-likeness (QED) is 0.276. The van der Waals surface area contributed by atoms with Crippen LogP contribution in [0, 0.1) is 0 Å². The van der Waals surface area contributed by atoms with Gasteiger partial charge in [-0.3, -0.25) is 0 Å². The Morgan fingerprint density at radius 1 is 0.769 bits per heavy atom. The van der Waals surface area contributed by atoms with Crippen molar-refractivity contribution in [2.45, 2.75) is 22.6 Å². The molecule has 0 fully saturated rings. The van der Waals surface area contributed by atoms with Crippen LogP contribution < -0.4 is 70.6 Å². The first kappa shape index (κ1) is 25.9. The summed E-state index contributed by atoms with van der Waals surface area (Å²) in [7, 11) is -9.36. The molecule has 0 heterocycles. The standard InChI is InChI=1S/C14H16N2O6S2.2Na/c15-11-4-3-10(14(8-11)24(20,21)22)2-1-9-5-12(16)7-13(6-9)23(17,18)19;;/h3-8H,1-2,15-16H2,(H,17,18,19)(H,20,21,22);;/q;2*+1/p-2. The molecule has 0 unspecified atom stereocenters. The number of nitrogen functional groups attached to an aromatic ring is 2. The molecule has 12 heteroatoms. The average molecular weight is 416 g/mol.